The highest BCUT2D eigenvalue weighted by Gasteiger charge is 2.00. The molecular formula is C10H10BrN3. The summed E-state index contributed by atoms with van der Waals surface area (Å²) in [5.74, 6) is 0. The number of aromatic nitrogens is 3. The van der Waals surface area contributed by atoms with Crippen LogP contribution < -0.4 is 0 Å². The maximum absolute atomic E-state index is 4.02. The molecule has 0 aliphatic rings. The fourth-order valence-corrected chi connectivity index (χ4v) is 1.44. The van der Waals surface area contributed by atoms with Gasteiger partial charge in [-0.25, -0.2) is 4.68 Å². The molecule has 14 heavy (non-hydrogen) atoms. The van der Waals surface area contributed by atoms with Crippen LogP contribution in [0.1, 0.15) is 11.3 Å². The number of benzene rings is 1. The zero-order valence-electron chi connectivity index (χ0n) is 7.81. The molecule has 0 aliphatic heterocycles. The van der Waals surface area contributed by atoms with Crippen molar-refractivity contribution >= 4 is 15.9 Å². The molecule has 0 unspecified atom stereocenters. The highest BCUT2D eigenvalue weighted by atomic mass is 79.9. The number of rotatable bonds is 2. The Morgan fingerprint density at radius 3 is 2.57 bits per heavy atom. The first kappa shape index (κ1) is 9.40. The summed E-state index contributed by atoms with van der Waals surface area (Å²) in [5.41, 5.74) is 3.22. The third-order valence-electron chi connectivity index (χ3n) is 1.98. The molecule has 0 amide bonds. The Morgan fingerprint density at radius 2 is 2.00 bits per heavy atom. The molecular weight excluding hydrogens is 242 g/mol. The summed E-state index contributed by atoms with van der Waals surface area (Å²) in [6.07, 6.45) is 1.92. The molecule has 4 heteroatoms. The van der Waals surface area contributed by atoms with Crippen molar-refractivity contribution < 1.29 is 0 Å². The van der Waals surface area contributed by atoms with E-state index < -0.39 is 0 Å². The van der Waals surface area contributed by atoms with Crippen LogP contribution in [0.25, 0.3) is 5.69 Å². The molecule has 0 aliphatic carbocycles. The molecule has 1 aromatic heterocycles. The van der Waals surface area contributed by atoms with E-state index in [1.54, 1.807) is 4.68 Å². The molecule has 3 nitrogen and oxygen atoms in total. The van der Waals surface area contributed by atoms with Crippen LogP contribution in [0, 0.1) is 6.92 Å². The van der Waals surface area contributed by atoms with Crippen LogP contribution in [-0.4, -0.2) is 15.0 Å². The van der Waals surface area contributed by atoms with Crippen LogP contribution in [0.5, 0.6) is 0 Å². The lowest BCUT2D eigenvalue weighted by Gasteiger charge is -1.99. The predicted octanol–water partition coefficient (Wildman–Crippen LogP) is 2.47. The Bertz CT molecular complexity index is 419. The third-order valence-corrected chi connectivity index (χ3v) is 2.55. The Kier molecular flexibility index (Phi) is 2.63. The summed E-state index contributed by atoms with van der Waals surface area (Å²) in [6, 6.07) is 8.18. The van der Waals surface area contributed by atoms with Gasteiger partial charge in [0, 0.05) is 5.33 Å². The van der Waals surface area contributed by atoms with Gasteiger partial charge in [0.2, 0.25) is 0 Å². The van der Waals surface area contributed by atoms with Crippen molar-refractivity contribution in [2.75, 3.05) is 0 Å². The SMILES string of the molecule is Cc1ccc(-n2cc(CBr)nn2)cc1. The minimum atomic E-state index is 0.735. The van der Waals surface area contributed by atoms with Crippen LogP contribution in [0.3, 0.4) is 0 Å². The summed E-state index contributed by atoms with van der Waals surface area (Å²) in [7, 11) is 0. The van der Waals surface area contributed by atoms with E-state index in [4.69, 9.17) is 0 Å². The Morgan fingerprint density at radius 1 is 1.29 bits per heavy atom. The van der Waals surface area contributed by atoms with E-state index in [-0.39, 0.29) is 0 Å². The summed E-state index contributed by atoms with van der Waals surface area (Å²) >= 11 is 3.34. The van der Waals surface area contributed by atoms with Crippen LogP contribution in [0.4, 0.5) is 0 Å². The largest absolute Gasteiger partial charge is 0.220 e. The van der Waals surface area contributed by atoms with Gasteiger partial charge in [-0.3, -0.25) is 0 Å². The van der Waals surface area contributed by atoms with Gasteiger partial charge in [-0.05, 0) is 19.1 Å². The molecule has 72 valence electrons. The Balaban J connectivity index is 2.34. The molecule has 2 rings (SSSR count). The van der Waals surface area contributed by atoms with Gasteiger partial charge in [-0.1, -0.05) is 38.8 Å². The van der Waals surface area contributed by atoms with Gasteiger partial charge in [0.1, 0.15) is 0 Å². The summed E-state index contributed by atoms with van der Waals surface area (Å²) in [5, 5.41) is 8.76. The van der Waals surface area contributed by atoms with Crippen LogP contribution in [0.15, 0.2) is 30.5 Å². The van der Waals surface area contributed by atoms with Gasteiger partial charge < -0.3 is 0 Å². The van der Waals surface area contributed by atoms with Crippen molar-refractivity contribution in [1.82, 2.24) is 15.0 Å². The molecule has 1 heterocycles. The van der Waals surface area contributed by atoms with Crippen molar-refractivity contribution in [2.45, 2.75) is 12.3 Å². The van der Waals surface area contributed by atoms with Gasteiger partial charge in [0.05, 0.1) is 17.6 Å². The van der Waals surface area contributed by atoms with Gasteiger partial charge in [-0.2, -0.15) is 0 Å². The molecule has 0 N–H and O–H groups in total. The standard InChI is InChI=1S/C10H10BrN3/c1-8-2-4-10(5-3-8)14-7-9(6-11)12-13-14/h2-5,7H,6H2,1H3. The van der Waals surface area contributed by atoms with Crippen LogP contribution in [0.2, 0.25) is 0 Å². The van der Waals surface area contributed by atoms with E-state index in [1.165, 1.54) is 5.56 Å². The molecule has 0 bridgehead atoms. The normalized spacial score (nSPS) is 10.4. The van der Waals surface area contributed by atoms with E-state index in [2.05, 4.69) is 45.3 Å². The predicted molar refractivity (Wildman–Crippen MR) is 58.7 cm³/mol. The maximum Gasteiger partial charge on any atom is 0.0937 e. The van der Waals surface area contributed by atoms with E-state index in [0.29, 0.717) is 0 Å². The topological polar surface area (TPSA) is 30.7 Å². The lowest BCUT2D eigenvalue weighted by Crippen LogP contribution is -1.94. The maximum atomic E-state index is 4.02. The van der Waals surface area contributed by atoms with Gasteiger partial charge >= 0.3 is 0 Å². The van der Waals surface area contributed by atoms with Crippen molar-refractivity contribution in [1.29, 1.82) is 0 Å². The second-order valence-corrected chi connectivity index (χ2v) is 3.68. The Hall–Kier alpha value is -1.16. The van der Waals surface area contributed by atoms with Crippen molar-refractivity contribution in [2.24, 2.45) is 0 Å². The zero-order chi connectivity index (χ0) is 9.97. The van der Waals surface area contributed by atoms with Gasteiger partial charge in [0.15, 0.2) is 0 Å². The van der Waals surface area contributed by atoms with E-state index >= 15 is 0 Å². The Labute approximate surface area is 90.9 Å². The zero-order valence-corrected chi connectivity index (χ0v) is 9.40. The summed E-state index contributed by atoms with van der Waals surface area (Å²) in [6.45, 7) is 2.06. The fourth-order valence-electron chi connectivity index (χ4n) is 1.18. The smallest absolute Gasteiger partial charge is 0.0937 e. The third kappa shape index (κ3) is 1.85. The highest BCUT2D eigenvalue weighted by Crippen LogP contribution is 2.09. The lowest BCUT2D eigenvalue weighted by atomic mass is 10.2. The minimum absolute atomic E-state index is 0.735. The monoisotopic (exact) mass is 251 g/mol. The molecule has 0 fully saturated rings. The summed E-state index contributed by atoms with van der Waals surface area (Å²) < 4.78 is 1.77. The van der Waals surface area contributed by atoms with Gasteiger partial charge in [0.25, 0.3) is 0 Å². The lowest BCUT2D eigenvalue weighted by molar-refractivity contribution is 0.800. The first-order valence-electron chi connectivity index (χ1n) is 4.34. The number of hydrogen-bond acceptors (Lipinski definition) is 2. The van der Waals surface area contributed by atoms with Crippen molar-refractivity contribution in [3.05, 3.63) is 41.7 Å². The minimum Gasteiger partial charge on any atom is -0.220 e. The average molecular weight is 252 g/mol. The second-order valence-electron chi connectivity index (χ2n) is 3.12. The molecule has 2 aromatic rings. The number of halogens is 1. The quantitative estimate of drug-likeness (QED) is 0.768. The van der Waals surface area contributed by atoms with Crippen LogP contribution in [-0.2, 0) is 5.33 Å². The number of alkyl halides is 1. The molecule has 0 atom stereocenters. The highest BCUT2D eigenvalue weighted by molar-refractivity contribution is 9.08. The summed E-state index contributed by atoms with van der Waals surface area (Å²) in [4.78, 5) is 0. The second kappa shape index (κ2) is 3.92. The number of aryl methyl sites for hydroxylation is 1. The molecule has 0 radical (unpaired) electrons. The fraction of sp³-hybridized carbons (Fsp3) is 0.200. The number of nitrogens with zero attached hydrogens (tertiary/aromatic N) is 3. The van der Waals surface area contributed by atoms with E-state index in [0.717, 1.165) is 16.7 Å². The average Bonchev–Trinajstić information content (AvgIpc) is 2.67. The first-order valence-corrected chi connectivity index (χ1v) is 5.46. The van der Waals surface area contributed by atoms with E-state index in [9.17, 15) is 0 Å². The molecule has 1 aromatic carbocycles. The molecule has 0 spiro atoms. The first-order chi connectivity index (χ1) is 6.79. The van der Waals surface area contributed by atoms with E-state index in [1.807, 2.05) is 18.3 Å². The van der Waals surface area contributed by atoms with Gasteiger partial charge in [-0.15, -0.1) is 5.10 Å². The van der Waals surface area contributed by atoms with Crippen LogP contribution >= 0.6 is 15.9 Å². The van der Waals surface area contributed by atoms with Crippen molar-refractivity contribution in [3.63, 3.8) is 0 Å². The number of hydrogen-bond donors (Lipinski definition) is 0. The molecule has 0 saturated heterocycles. The molecule has 0 saturated carbocycles. The van der Waals surface area contributed by atoms with Crippen molar-refractivity contribution in [3.8, 4) is 5.69 Å².